The molecule has 2 amide bonds. The summed E-state index contributed by atoms with van der Waals surface area (Å²) >= 11 is 4.99. The summed E-state index contributed by atoms with van der Waals surface area (Å²) in [6, 6.07) is 13.5. The maximum atomic E-state index is 12.2. The summed E-state index contributed by atoms with van der Waals surface area (Å²) in [5.74, 6) is 0. The lowest BCUT2D eigenvalue weighted by Gasteiger charge is -2.22. The molecule has 0 unspecified atom stereocenters. The average molecular weight is 369 g/mol. The third-order valence-corrected chi connectivity index (χ3v) is 4.54. The summed E-state index contributed by atoms with van der Waals surface area (Å²) < 4.78 is 1.04. The van der Waals surface area contributed by atoms with E-state index in [1.165, 1.54) is 0 Å². The maximum absolute atomic E-state index is 12.2. The summed E-state index contributed by atoms with van der Waals surface area (Å²) in [5, 5.41) is 12.0. The van der Waals surface area contributed by atoms with E-state index in [2.05, 4.69) is 21.2 Å². The van der Waals surface area contributed by atoms with Crippen LogP contribution in [0.4, 0.5) is 4.79 Å². The van der Waals surface area contributed by atoms with Crippen LogP contribution in [0.3, 0.4) is 0 Å². The van der Waals surface area contributed by atoms with E-state index in [-0.39, 0.29) is 12.6 Å². The number of nitrogens with one attached hydrogen (secondary N) is 1. The molecule has 112 valence electrons. The molecule has 2 rings (SSSR count). The molecule has 2 N–H and O–H groups in total. The number of urea groups is 1. The number of aliphatic hydroxyl groups excluding tert-OH is 1. The highest BCUT2D eigenvalue weighted by molar-refractivity contribution is 9.11. The molecule has 0 spiro atoms. The molecule has 6 heteroatoms. The lowest BCUT2D eigenvalue weighted by Crippen LogP contribution is -2.40. The van der Waals surface area contributed by atoms with Gasteiger partial charge < -0.3 is 15.3 Å². The lowest BCUT2D eigenvalue weighted by molar-refractivity contribution is 0.174. The highest BCUT2D eigenvalue weighted by Crippen LogP contribution is 2.21. The van der Waals surface area contributed by atoms with E-state index in [0.717, 1.165) is 14.2 Å². The lowest BCUT2D eigenvalue weighted by atomic mass is 10.2. The van der Waals surface area contributed by atoms with Crippen molar-refractivity contribution < 1.29 is 9.90 Å². The zero-order valence-corrected chi connectivity index (χ0v) is 13.9. The number of hydrogen-bond acceptors (Lipinski definition) is 3. The molecule has 0 bridgehead atoms. The molecular formula is C15H17BrN2O2S. The van der Waals surface area contributed by atoms with Gasteiger partial charge in [0.15, 0.2) is 0 Å². The first-order valence-corrected chi connectivity index (χ1v) is 8.22. The SMILES string of the molecule is O=C(NCc1ccc(Br)s1)N(CCO)Cc1ccccc1. The predicted octanol–water partition coefficient (Wildman–Crippen LogP) is 3.21. The van der Waals surface area contributed by atoms with Crippen molar-refractivity contribution in [2.75, 3.05) is 13.2 Å². The van der Waals surface area contributed by atoms with E-state index in [1.807, 2.05) is 42.5 Å². The Kier molecular flexibility index (Phi) is 6.22. The van der Waals surface area contributed by atoms with E-state index in [0.29, 0.717) is 19.6 Å². The number of halogens is 1. The standard InChI is InChI=1S/C15H17BrN2O2S/c16-14-7-6-13(21-14)10-17-15(20)18(8-9-19)11-12-4-2-1-3-5-12/h1-7,19H,8-11H2,(H,17,20). The topological polar surface area (TPSA) is 52.6 Å². The van der Waals surface area contributed by atoms with Crippen molar-refractivity contribution in [2.45, 2.75) is 13.1 Å². The van der Waals surface area contributed by atoms with Gasteiger partial charge in [-0.05, 0) is 33.6 Å². The van der Waals surface area contributed by atoms with Crippen LogP contribution in [0.25, 0.3) is 0 Å². The van der Waals surface area contributed by atoms with Crippen LogP contribution < -0.4 is 5.32 Å². The molecule has 1 aromatic carbocycles. The molecule has 0 atom stereocenters. The van der Waals surface area contributed by atoms with E-state index in [4.69, 9.17) is 5.11 Å². The quantitative estimate of drug-likeness (QED) is 0.822. The molecule has 2 aromatic rings. The largest absolute Gasteiger partial charge is 0.395 e. The van der Waals surface area contributed by atoms with Crippen LogP contribution in [0, 0.1) is 0 Å². The van der Waals surface area contributed by atoms with Gasteiger partial charge in [-0.15, -0.1) is 11.3 Å². The molecule has 0 saturated heterocycles. The first-order valence-electron chi connectivity index (χ1n) is 6.61. The van der Waals surface area contributed by atoms with Crippen molar-refractivity contribution in [3.05, 3.63) is 56.7 Å². The highest BCUT2D eigenvalue weighted by atomic mass is 79.9. The van der Waals surface area contributed by atoms with Crippen molar-refractivity contribution >= 4 is 33.3 Å². The summed E-state index contributed by atoms with van der Waals surface area (Å²) in [5.41, 5.74) is 1.04. The fourth-order valence-corrected chi connectivity index (χ4v) is 3.32. The van der Waals surface area contributed by atoms with Gasteiger partial charge in [0.05, 0.1) is 16.9 Å². The highest BCUT2D eigenvalue weighted by Gasteiger charge is 2.13. The predicted molar refractivity (Wildman–Crippen MR) is 88.2 cm³/mol. The van der Waals surface area contributed by atoms with Crippen LogP contribution in [-0.4, -0.2) is 29.2 Å². The van der Waals surface area contributed by atoms with Gasteiger partial charge in [-0.25, -0.2) is 4.79 Å². The Bertz CT molecular complexity index is 574. The zero-order valence-electron chi connectivity index (χ0n) is 11.5. The van der Waals surface area contributed by atoms with E-state index < -0.39 is 0 Å². The Morgan fingerprint density at radius 2 is 2.00 bits per heavy atom. The van der Waals surface area contributed by atoms with Gasteiger partial charge in [0, 0.05) is 18.0 Å². The number of benzene rings is 1. The minimum atomic E-state index is -0.169. The Labute approximate surface area is 136 Å². The number of rotatable bonds is 6. The molecule has 21 heavy (non-hydrogen) atoms. The first kappa shape index (κ1) is 16.0. The molecule has 0 aliphatic heterocycles. The molecule has 0 radical (unpaired) electrons. The minimum Gasteiger partial charge on any atom is -0.395 e. The fraction of sp³-hybridized carbons (Fsp3) is 0.267. The van der Waals surface area contributed by atoms with E-state index >= 15 is 0 Å². The Morgan fingerprint density at radius 3 is 2.62 bits per heavy atom. The fourth-order valence-electron chi connectivity index (χ4n) is 1.90. The van der Waals surface area contributed by atoms with Crippen LogP contribution in [0.15, 0.2) is 46.3 Å². The molecule has 4 nitrogen and oxygen atoms in total. The normalized spacial score (nSPS) is 10.4. The van der Waals surface area contributed by atoms with Crippen LogP contribution in [0.2, 0.25) is 0 Å². The van der Waals surface area contributed by atoms with Crippen LogP contribution >= 0.6 is 27.3 Å². The first-order chi connectivity index (χ1) is 10.2. The Morgan fingerprint density at radius 1 is 1.24 bits per heavy atom. The summed E-state index contributed by atoms with van der Waals surface area (Å²) in [6.45, 7) is 1.24. The van der Waals surface area contributed by atoms with Gasteiger partial charge in [0.25, 0.3) is 0 Å². The van der Waals surface area contributed by atoms with Crippen LogP contribution in [-0.2, 0) is 13.1 Å². The summed E-state index contributed by atoms with van der Waals surface area (Å²) in [4.78, 5) is 14.9. The third kappa shape index (κ3) is 5.15. The van der Waals surface area contributed by atoms with E-state index in [1.54, 1.807) is 16.2 Å². The van der Waals surface area contributed by atoms with Crippen LogP contribution in [0.1, 0.15) is 10.4 Å². The Balaban J connectivity index is 1.92. The van der Waals surface area contributed by atoms with Crippen molar-refractivity contribution in [2.24, 2.45) is 0 Å². The molecule has 0 aliphatic carbocycles. The van der Waals surface area contributed by atoms with Gasteiger partial charge in [0.1, 0.15) is 0 Å². The van der Waals surface area contributed by atoms with Gasteiger partial charge in [-0.3, -0.25) is 0 Å². The minimum absolute atomic E-state index is 0.0508. The molecule has 0 aliphatic rings. The maximum Gasteiger partial charge on any atom is 0.318 e. The molecule has 1 aromatic heterocycles. The second kappa shape index (κ2) is 8.17. The number of amides is 2. The number of carbonyl (C=O) groups is 1. The zero-order chi connectivity index (χ0) is 15.1. The number of aliphatic hydroxyl groups is 1. The Hall–Kier alpha value is -1.37. The van der Waals surface area contributed by atoms with Gasteiger partial charge in [0.2, 0.25) is 0 Å². The van der Waals surface area contributed by atoms with Crippen LogP contribution in [0.5, 0.6) is 0 Å². The molecule has 0 saturated carbocycles. The smallest absolute Gasteiger partial charge is 0.318 e. The molecular weight excluding hydrogens is 352 g/mol. The monoisotopic (exact) mass is 368 g/mol. The summed E-state index contributed by atoms with van der Waals surface area (Å²) in [7, 11) is 0. The van der Waals surface area contributed by atoms with Gasteiger partial charge in [-0.1, -0.05) is 30.3 Å². The van der Waals surface area contributed by atoms with Gasteiger partial charge >= 0.3 is 6.03 Å². The second-order valence-electron chi connectivity index (χ2n) is 4.50. The molecule has 0 fully saturated rings. The number of nitrogens with zero attached hydrogens (tertiary/aromatic N) is 1. The molecule has 1 heterocycles. The van der Waals surface area contributed by atoms with Crippen molar-refractivity contribution in [1.29, 1.82) is 0 Å². The second-order valence-corrected chi connectivity index (χ2v) is 7.04. The van der Waals surface area contributed by atoms with E-state index in [9.17, 15) is 4.79 Å². The van der Waals surface area contributed by atoms with Gasteiger partial charge in [-0.2, -0.15) is 0 Å². The average Bonchev–Trinajstić information content (AvgIpc) is 2.91. The van der Waals surface area contributed by atoms with Crippen molar-refractivity contribution in [3.8, 4) is 0 Å². The summed E-state index contributed by atoms with van der Waals surface area (Å²) in [6.07, 6.45) is 0. The van der Waals surface area contributed by atoms with Crippen molar-refractivity contribution in [3.63, 3.8) is 0 Å². The van der Waals surface area contributed by atoms with Crippen molar-refractivity contribution in [1.82, 2.24) is 10.2 Å². The third-order valence-electron chi connectivity index (χ3n) is 2.92. The number of carbonyl (C=O) groups excluding carboxylic acids is 1. The number of hydrogen-bond donors (Lipinski definition) is 2. The number of thiophene rings is 1.